The summed E-state index contributed by atoms with van der Waals surface area (Å²) < 4.78 is 2.28. The summed E-state index contributed by atoms with van der Waals surface area (Å²) >= 11 is 0. The molecule has 0 unspecified atom stereocenters. The van der Waals surface area contributed by atoms with Gasteiger partial charge in [0.1, 0.15) is 12.0 Å². The van der Waals surface area contributed by atoms with Crippen molar-refractivity contribution in [1.82, 2.24) is 24.8 Å². The average Bonchev–Trinajstić information content (AvgIpc) is 3.07. The smallest absolute Gasteiger partial charge is 0.254 e. The number of rotatable bonds is 3. The molecule has 0 spiro atoms. The molecule has 3 aromatic heterocycles. The zero-order chi connectivity index (χ0) is 16.4. The fraction of sp³-hybridized carbons (Fsp3) is 0.333. The molecule has 0 radical (unpaired) electrons. The molecule has 4 rings (SSSR count). The lowest BCUT2D eigenvalue weighted by Gasteiger charge is -2.30. The van der Waals surface area contributed by atoms with E-state index in [0.717, 1.165) is 31.3 Å². The Morgan fingerprint density at radius 3 is 2.71 bits per heavy atom. The SMILES string of the molecule is O=C(NC1CCC(n2ccc3cccnc32)CC1)c1cncnc1. The van der Waals surface area contributed by atoms with Crippen LogP contribution in [0, 0.1) is 0 Å². The first-order valence-electron chi connectivity index (χ1n) is 8.29. The Bertz CT molecular complexity index is 837. The molecule has 1 N–H and O–H groups in total. The fourth-order valence-electron chi connectivity index (χ4n) is 3.46. The van der Waals surface area contributed by atoms with E-state index in [1.54, 1.807) is 12.4 Å². The second-order valence-corrected chi connectivity index (χ2v) is 6.25. The van der Waals surface area contributed by atoms with Crippen molar-refractivity contribution in [3.05, 3.63) is 54.9 Å². The van der Waals surface area contributed by atoms with Gasteiger partial charge in [-0.3, -0.25) is 4.79 Å². The van der Waals surface area contributed by atoms with E-state index in [2.05, 4.69) is 43.2 Å². The van der Waals surface area contributed by atoms with Crippen LogP contribution in [0.15, 0.2) is 49.3 Å². The highest BCUT2D eigenvalue weighted by atomic mass is 16.1. The van der Waals surface area contributed by atoms with Crippen LogP contribution < -0.4 is 5.32 Å². The van der Waals surface area contributed by atoms with Gasteiger partial charge < -0.3 is 9.88 Å². The predicted octanol–water partition coefficient (Wildman–Crippen LogP) is 2.74. The van der Waals surface area contributed by atoms with Gasteiger partial charge in [-0.1, -0.05) is 0 Å². The second kappa shape index (κ2) is 6.39. The van der Waals surface area contributed by atoms with E-state index in [4.69, 9.17) is 0 Å². The van der Waals surface area contributed by atoms with E-state index < -0.39 is 0 Å². The fourth-order valence-corrected chi connectivity index (χ4v) is 3.46. The van der Waals surface area contributed by atoms with Crippen molar-refractivity contribution in [3.8, 4) is 0 Å². The zero-order valence-corrected chi connectivity index (χ0v) is 13.3. The van der Waals surface area contributed by atoms with E-state index in [1.165, 1.54) is 11.7 Å². The maximum atomic E-state index is 12.2. The number of nitrogens with zero attached hydrogens (tertiary/aromatic N) is 4. The molecule has 6 nitrogen and oxygen atoms in total. The molecule has 1 amide bonds. The highest BCUT2D eigenvalue weighted by molar-refractivity contribution is 5.93. The summed E-state index contributed by atoms with van der Waals surface area (Å²) in [5.74, 6) is -0.0906. The molecule has 24 heavy (non-hydrogen) atoms. The van der Waals surface area contributed by atoms with Crippen molar-refractivity contribution in [3.63, 3.8) is 0 Å². The topological polar surface area (TPSA) is 72.7 Å². The number of pyridine rings is 1. The molecule has 0 bridgehead atoms. The lowest BCUT2D eigenvalue weighted by atomic mass is 9.91. The third-order valence-corrected chi connectivity index (χ3v) is 4.72. The van der Waals surface area contributed by atoms with E-state index in [1.807, 2.05) is 12.3 Å². The third kappa shape index (κ3) is 2.87. The average molecular weight is 321 g/mol. The summed E-state index contributed by atoms with van der Waals surface area (Å²) in [6, 6.07) is 6.83. The van der Waals surface area contributed by atoms with Gasteiger partial charge in [0, 0.05) is 42.3 Å². The Morgan fingerprint density at radius 2 is 1.92 bits per heavy atom. The third-order valence-electron chi connectivity index (χ3n) is 4.72. The number of hydrogen-bond acceptors (Lipinski definition) is 4. The molecule has 1 aliphatic rings. The summed E-state index contributed by atoms with van der Waals surface area (Å²) in [4.78, 5) is 24.5. The molecule has 0 atom stereocenters. The summed E-state index contributed by atoms with van der Waals surface area (Å²) in [5.41, 5.74) is 1.56. The number of carbonyl (C=O) groups is 1. The van der Waals surface area contributed by atoms with Gasteiger partial charge in [-0.05, 0) is 43.9 Å². The quantitative estimate of drug-likeness (QED) is 0.805. The Hall–Kier alpha value is -2.76. The van der Waals surface area contributed by atoms with Gasteiger partial charge >= 0.3 is 0 Å². The summed E-state index contributed by atoms with van der Waals surface area (Å²) in [5, 5.41) is 4.27. The van der Waals surface area contributed by atoms with Gasteiger partial charge in [0.25, 0.3) is 5.91 Å². The first-order chi connectivity index (χ1) is 11.8. The van der Waals surface area contributed by atoms with Crippen molar-refractivity contribution in [2.45, 2.75) is 37.8 Å². The summed E-state index contributed by atoms with van der Waals surface area (Å²) in [7, 11) is 0. The van der Waals surface area contributed by atoms with Crippen LogP contribution in [0.2, 0.25) is 0 Å². The molecule has 3 heterocycles. The van der Waals surface area contributed by atoms with Crippen molar-refractivity contribution < 1.29 is 4.79 Å². The summed E-state index contributed by atoms with van der Waals surface area (Å²) in [6.07, 6.45) is 12.5. The van der Waals surface area contributed by atoms with Crippen molar-refractivity contribution >= 4 is 16.9 Å². The van der Waals surface area contributed by atoms with Crippen LogP contribution in [0.3, 0.4) is 0 Å². The van der Waals surface area contributed by atoms with Gasteiger partial charge in [0.2, 0.25) is 0 Å². The van der Waals surface area contributed by atoms with E-state index >= 15 is 0 Å². The van der Waals surface area contributed by atoms with Crippen LogP contribution in [0.4, 0.5) is 0 Å². The van der Waals surface area contributed by atoms with Crippen LogP contribution in [0.5, 0.6) is 0 Å². The number of fused-ring (bicyclic) bond motifs is 1. The van der Waals surface area contributed by atoms with Gasteiger partial charge in [0.15, 0.2) is 0 Å². The number of amides is 1. The molecule has 3 aromatic rings. The van der Waals surface area contributed by atoms with E-state index in [0.29, 0.717) is 11.6 Å². The van der Waals surface area contributed by atoms with E-state index in [9.17, 15) is 4.79 Å². The minimum absolute atomic E-state index is 0.0906. The van der Waals surface area contributed by atoms with Crippen LogP contribution in [-0.4, -0.2) is 31.5 Å². The highest BCUT2D eigenvalue weighted by Crippen LogP contribution is 2.31. The molecular weight excluding hydrogens is 302 g/mol. The monoisotopic (exact) mass is 321 g/mol. The predicted molar refractivity (Wildman–Crippen MR) is 90.5 cm³/mol. The lowest BCUT2D eigenvalue weighted by Crippen LogP contribution is -2.38. The number of aromatic nitrogens is 4. The first-order valence-corrected chi connectivity index (χ1v) is 8.29. The van der Waals surface area contributed by atoms with Crippen LogP contribution in [0.1, 0.15) is 42.1 Å². The zero-order valence-electron chi connectivity index (χ0n) is 13.3. The van der Waals surface area contributed by atoms with Crippen molar-refractivity contribution in [1.29, 1.82) is 0 Å². The van der Waals surface area contributed by atoms with Gasteiger partial charge in [-0.2, -0.15) is 0 Å². The molecule has 1 aliphatic carbocycles. The minimum Gasteiger partial charge on any atom is -0.349 e. The maximum Gasteiger partial charge on any atom is 0.254 e. The normalized spacial score (nSPS) is 20.8. The van der Waals surface area contributed by atoms with Gasteiger partial charge in [-0.15, -0.1) is 0 Å². The van der Waals surface area contributed by atoms with Gasteiger partial charge in [0.05, 0.1) is 5.56 Å². The number of nitrogens with one attached hydrogen (secondary N) is 1. The van der Waals surface area contributed by atoms with Crippen LogP contribution >= 0.6 is 0 Å². The Balaban J connectivity index is 1.39. The molecule has 1 fully saturated rings. The van der Waals surface area contributed by atoms with E-state index in [-0.39, 0.29) is 11.9 Å². The Morgan fingerprint density at radius 1 is 1.12 bits per heavy atom. The number of carbonyl (C=O) groups excluding carboxylic acids is 1. The number of hydrogen-bond donors (Lipinski definition) is 1. The Kier molecular flexibility index (Phi) is 3.94. The molecule has 122 valence electrons. The molecule has 0 aromatic carbocycles. The van der Waals surface area contributed by atoms with Gasteiger partial charge in [-0.25, -0.2) is 15.0 Å². The lowest BCUT2D eigenvalue weighted by molar-refractivity contribution is 0.0922. The molecule has 6 heteroatoms. The molecule has 0 aliphatic heterocycles. The second-order valence-electron chi connectivity index (χ2n) is 6.25. The van der Waals surface area contributed by atoms with Crippen molar-refractivity contribution in [2.24, 2.45) is 0 Å². The maximum absolute atomic E-state index is 12.2. The minimum atomic E-state index is -0.0906. The van der Waals surface area contributed by atoms with Crippen molar-refractivity contribution in [2.75, 3.05) is 0 Å². The molecular formula is C18H19N5O. The van der Waals surface area contributed by atoms with Crippen LogP contribution in [-0.2, 0) is 0 Å². The Labute approximate surface area is 140 Å². The highest BCUT2D eigenvalue weighted by Gasteiger charge is 2.24. The standard InChI is InChI=1S/C18H19N5O/c24-18(14-10-19-12-20-11-14)22-15-3-5-16(6-4-15)23-9-7-13-2-1-8-21-17(13)23/h1-2,7-12,15-16H,3-6H2,(H,22,24). The van der Waals surface area contributed by atoms with Crippen LogP contribution in [0.25, 0.3) is 11.0 Å². The molecule has 1 saturated carbocycles. The summed E-state index contributed by atoms with van der Waals surface area (Å²) in [6.45, 7) is 0. The first kappa shape index (κ1) is 14.8. The molecule has 0 saturated heterocycles. The largest absolute Gasteiger partial charge is 0.349 e.